The Morgan fingerprint density at radius 3 is 2.39 bits per heavy atom. The normalized spacial score (nSPS) is 29.4. The molecule has 1 N–H and O–H groups in total. The average Bonchev–Trinajstić information content (AvgIpc) is 3.08. The minimum atomic E-state index is -0.742. The summed E-state index contributed by atoms with van der Waals surface area (Å²) in [4.78, 5) is 24.2. The van der Waals surface area contributed by atoms with Gasteiger partial charge in [0.05, 0.1) is 6.61 Å². The molecule has 0 aliphatic heterocycles. The number of carbonyl (C=O) groups excluding carboxylic acids is 2. The number of esters is 1. The van der Waals surface area contributed by atoms with Crippen LogP contribution >= 0.6 is 0 Å². The van der Waals surface area contributed by atoms with E-state index in [1.54, 1.807) is 6.92 Å². The van der Waals surface area contributed by atoms with E-state index in [1.165, 1.54) is 0 Å². The quantitative estimate of drug-likeness (QED) is 0.780. The van der Waals surface area contributed by atoms with Gasteiger partial charge < -0.3 is 10.1 Å². The molecule has 2 aliphatic rings. The lowest BCUT2D eigenvalue weighted by molar-refractivity contribution is -0.155. The van der Waals surface area contributed by atoms with Crippen molar-refractivity contribution in [2.75, 3.05) is 6.61 Å². The fourth-order valence-corrected chi connectivity index (χ4v) is 2.82. The van der Waals surface area contributed by atoms with E-state index in [9.17, 15) is 9.59 Å². The zero-order chi connectivity index (χ0) is 13.2. The molecule has 2 fully saturated rings. The van der Waals surface area contributed by atoms with Gasteiger partial charge in [-0.3, -0.25) is 4.79 Å². The summed E-state index contributed by atoms with van der Waals surface area (Å²) in [5, 5.41) is 3.00. The molecule has 0 spiro atoms. The van der Waals surface area contributed by atoms with Crippen molar-refractivity contribution in [2.45, 2.75) is 57.9 Å². The van der Waals surface area contributed by atoms with Gasteiger partial charge in [0.15, 0.2) is 0 Å². The predicted octanol–water partition coefficient (Wildman–Crippen LogP) is 2.02. The zero-order valence-corrected chi connectivity index (χ0v) is 11.3. The van der Waals surface area contributed by atoms with Crippen molar-refractivity contribution in [3.63, 3.8) is 0 Å². The van der Waals surface area contributed by atoms with Crippen molar-refractivity contribution in [1.82, 2.24) is 5.32 Å². The summed E-state index contributed by atoms with van der Waals surface area (Å²) in [7, 11) is 0. The molecule has 0 heterocycles. The number of nitrogens with one attached hydrogen (secondary N) is 1. The van der Waals surface area contributed by atoms with Crippen molar-refractivity contribution in [3.8, 4) is 0 Å². The van der Waals surface area contributed by atoms with Gasteiger partial charge in [-0.25, -0.2) is 4.79 Å². The third-order valence-corrected chi connectivity index (χ3v) is 4.18. The Morgan fingerprint density at radius 2 is 1.89 bits per heavy atom. The fraction of sp³-hybridized carbons (Fsp3) is 0.857. The number of ether oxygens (including phenoxy) is 1. The van der Waals surface area contributed by atoms with Crippen LogP contribution in [-0.2, 0) is 14.3 Å². The summed E-state index contributed by atoms with van der Waals surface area (Å²) in [6, 6.07) is 0. The molecule has 0 aromatic carbocycles. The number of hydrogen-bond donors (Lipinski definition) is 1. The Kier molecular flexibility index (Phi) is 3.93. The first-order chi connectivity index (χ1) is 8.59. The molecule has 18 heavy (non-hydrogen) atoms. The monoisotopic (exact) mass is 253 g/mol. The lowest BCUT2D eigenvalue weighted by atomic mass is 9.81. The summed E-state index contributed by atoms with van der Waals surface area (Å²) in [5.41, 5.74) is -0.742. The number of amides is 1. The first kappa shape index (κ1) is 13.4. The molecule has 2 rings (SSSR count). The summed E-state index contributed by atoms with van der Waals surface area (Å²) in [6.07, 6.45) is 5.50. The maximum atomic E-state index is 12.1. The van der Waals surface area contributed by atoms with Crippen LogP contribution in [0.25, 0.3) is 0 Å². The maximum Gasteiger partial charge on any atom is 0.331 e. The van der Waals surface area contributed by atoms with E-state index in [0.29, 0.717) is 12.5 Å². The van der Waals surface area contributed by atoms with Crippen LogP contribution in [0.4, 0.5) is 0 Å². The fourth-order valence-electron chi connectivity index (χ4n) is 2.82. The maximum absolute atomic E-state index is 12.1. The van der Waals surface area contributed by atoms with Gasteiger partial charge in [-0.15, -0.1) is 0 Å². The van der Waals surface area contributed by atoms with Crippen molar-refractivity contribution < 1.29 is 14.3 Å². The number of carbonyl (C=O) groups is 2. The molecule has 4 heteroatoms. The predicted molar refractivity (Wildman–Crippen MR) is 67.9 cm³/mol. The van der Waals surface area contributed by atoms with Gasteiger partial charge in [-0.2, -0.15) is 0 Å². The van der Waals surface area contributed by atoms with Gasteiger partial charge in [-0.05, 0) is 32.1 Å². The van der Waals surface area contributed by atoms with Crippen molar-refractivity contribution in [1.29, 1.82) is 0 Å². The molecular formula is C14H23NO3. The van der Waals surface area contributed by atoms with E-state index in [2.05, 4.69) is 12.2 Å². The number of hydrogen-bond acceptors (Lipinski definition) is 3. The molecule has 4 nitrogen and oxygen atoms in total. The Hall–Kier alpha value is -1.06. The zero-order valence-electron chi connectivity index (χ0n) is 11.3. The Bertz CT molecular complexity index is 334. The van der Waals surface area contributed by atoms with Gasteiger partial charge in [0.2, 0.25) is 5.91 Å². The average molecular weight is 253 g/mol. The Morgan fingerprint density at radius 1 is 1.28 bits per heavy atom. The van der Waals surface area contributed by atoms with Gasteiger partial charge in [0, 0.05) is 5.92 Å². The molecule has 102 valence electrons. The molecule has 0 radical (unpaired) electrons. The van der Waals surface area contributed by atoms with Crippen LogP contribution in [0.5, 0.6) is 0 Å². The third kappa shape index (κ3) is 2.68. The van der Waals surface area contributed by atoms with Crippen LogP contribution in [-0.4, -0.2) is 24.0 Å². The lowest BCUT2D eigenvalue weighted by Gasteiger charge is -2.35. The molecular weight excluding hydrogens is 230 g/mol. The van der Waals surface area contributed by atoms with Crippen LogP contribution < -0.4 is 5.32 Å². The second-order valence-corrected chi connectivity index (χ2v) is 5.67. The summed E-state index contributed by atoms with van der Waals surface area (Å²) < 4.78 is 5.16. The van der Waals surface area contributed by atoms with Gasteiger partial charge in [0.1, 0.15) is 5.54 Å². The summed E-state index contributed by atoms with van der Waals surface area (Å²) in [5.74, 6) is 0.370. The minimum absolute atomic E-state index is 0.0393. The number of rotatable bonds is 4. The summed E-state index contributed by atoms with van der Waals surface area (Å²) in [6.45, 7) is 4.25. The van der Waals surface area contributed by atoms with Gasteiger partial charge in [-0.1, -0.05) is 26.2 Å². The van der Waals surface area contributed by atoms with Crippen molar-refractivity contribution in [3.05, 3.63) is 0 Å². The molecule has 0 aromatic rings. The van der Waals surface area contributed by atoms with Crippen molar-refractivity contribution >= 4 is 11.9 Å². The second kappa shape index (κ2) is 5.29. The second-order valence-electron chi connectivity index (χ2n) is 5.67. The van der Waals surface area contributed by atoms with E-state index in [1.807, 2.05) is 0 Å². The Labute approximate surface area is 108 Å². The van der Waals surface area contributed by atoms with Gasteiger partial charge >= 0.3 is 5.97 Å². The van der Waals surface area contributed by atoms with Crippen LogP contribution in [0.2, 0.25) is 0 Å². The van der Waals surface area contributed by atoms with E-state index in [4.69, 9.17) is 4.74 Å². The third-order valence-electron chi connectivity index (χ3n) is 4.18. The largest absolute Gasteiger partial charge is 0.464 e. The van der Waals surface area contributed by atoms with Crippen LogP contribution in [0.3, 0.4) is 0 Å². The molecule has 0 unspecified atom stereocenters. The smallest absolute Gasteiger partial charge is 0.331 e. The highest BCUT2D eigenvalue weighted by atomic mass is 16.5. The minimum Gasteiger partial charge on any atom is -0.464 e. The topological polar surface area (TPSA) is 55.4 Å². The van der Waals surface area contributed by atoms with Crippen LogP contribution in [0.1, 0.15) is 52.4 Å². The molecule has 0 saturated heterocycles. The first-order valence-electron chi connectivity index (χ1n) is 7.08. The first-order valence-corrected chi connectivity index (χ1v) is 7.08. The van der Waals surface area contributed by atoms with E-state index < -0.39 is 5.54 Å². The molecule has 0 aromatic heterocycles. The lowest BCUT2D eigenvalue weighted by Crippen LogP contribution is -2.56. The van der Waals surface area contributed by atoms with Crippen LogP contribution in [0, 0.1) is 11.8 Å². The standard InChI is InChI=1S/C14H23NO3/c1-3-18-13(17)14(7-5-4-6-8-14)15-12(16)11-9-10(11)2/h10-11H,3-9H2,1-2H3,(H,15,16)/t10-,11+/m1/s1. The molecule has 2 saturated carbocycles. The Balaban J connectivity index is 2.04. The summed E-state index contributed by atoms with van der Waals surface area (Å²) >= 11 is 0. The highest BCUT2D eigenvalue weighted by Crippen LogP contribution is 2.39. The van der Waals surface area contributed by atoms with Crippen LogP contribution in [0.15, 0.2) is 0 Å². The molecule has 2 atom stereocenters. The highest BCUT2D eigenvalue weighted by molar-refractivity contribution is 5.90. The van der Waals surface area contributed by atoms with Crippen molar-refractivity contribution in [2.24, 2.45) is 11.8 Å². The van der Waals surface area contributed by atoms with E-state index >= 15 is 0 Å². The van der Waals surface area contributed by atoms with E-state index in [-0.39, 0.29) is 17.8 Å². The van der Waals surface area contributed by atoms with Gasteiger partial charge in [0.25, 0.3) is 0 Å². The van der Waals surface area contributed by atoms with E-state index in [0.717, 1.165) is 38.5 Å². The molecule has 0 bridgehead atoms. The molecule has 1 amide bonds. The SMILES string of the molecule is CCOC(=O)C1(NC(=O)[C@H]2C[C@H]2C)CCCCC1. The molecule has 2 aliphatic carbocycles. The highest BCUT2D eigenvalue weighted by Gasteiger charge is 2.47.